The smallest absolute Gasteiger partial charge is 0.112 e. The van der Waals surface area contributed by atoms with Crippen LogP contribution in [0.4, 0.5) is 0 Å². The minimum absolute atomic E-state index is 0.551. The maximum atomic E-state index is 4.39. The van der Waals surface area contributed by atoms with Gasteiger partial charge in [0.15, 0.2) is 0 Å². The molecule has 0 bridgehead atoms. The molecular formula is C11H12N4. The van der Waals surface area contributed by atoms with Crippen molar-refractivity contribution >= 4 is 0 Å². The number of aromatic nitrogens is 3. The highest BCUT2D eigenvalue weighted by Crippen LogP contribution is 2.21. The van der Waals surface area contributed by atoms with Gasteiger partial charge in [-0.2, -0.15) is 0 Å². The number of hydrogen-bond acceptors (Lipinski definition) is 3. The van der Waals surface area contributed by atoms with Crippen molar-refractivity contribution in [3.63, 3.8) is 0 Å². The number of aromatic amines is 1. The van der Waals surface area contributed by atoms with Crippen molar-refractivity contribution in [1.29, 1.82) is 0 Å². The number of hydrogen-bond donors (Lipinski definition) is 2. The average Bonchev–Trinajstić information content (AvgIpc) is 2.66. The van der Waals surface area contributed by atoms with Gasteiger partial charge in [0.05, 0.1) is 11.9 Å². The molecule has 2 aromatic rings. The summed E-state index contributed by atoms with van der Waals surface area (Å²) in [6, 6.07) is 3.96. The summed E-state index contributed by atoms with van der Waals surface area (Å²) in [5.41, 5.74) is 2.13. The normalized spacial score (nSPS) is 16.3. The van der Waals surface area contributed by atoms with Crippen molar-refractivity contribution in [2.45, 2.75) is 5.92 Å². The molecule has 15 heavy (non-hydrogen) atoms. The van der Waals surface area contributed by atoms with Crippen LogP contribution in [-0.2, 0) is 0 Å². The van der Waals surface area contributed by atoms with Gasteiger partial charge in [-0.1, -0.05) is 0 Å². The third kappa shape index (κ3) is 1.53. The second-order valence-electron chi connectivity index (χ2n) is 3.78. The number of nitrogens with one attached hydrogen (secondary N) is 2. The van der Waals surface area contributed by atoms with Gasteiger partial charge in [-0.05, 0) is 12.1 Å². The maximum Gasteiger partial charge on any atom is 0.112 e. The van der Waals surface area contributed by atoms with Crippen molar-refractivity contribution < 1.29 is 0 Å². The Morgan fingerprint density at radius 3 is 2.87 bits per heavy atom. The molecule has 3 heterocycles. The van der Waals surface area contributed by atoms with Gasteiger partial charge < -0.3 is 10.3 Å². The standard InChI is InChI=1S/C11H12N4/c1-2-8(4-12-3-1)10-7-14-11(15-10)9-5-13-6-9/h1-4,7,9,13H,5-6H2,(H,14,15). The first-order chi connectivity index (χ1) is 7.43. The Balaban J connectivity index is 1.90. The molecule has 1 fully saturated rings. The molecule has 2 aromatic heterocycles. The fourth-order valence-corrected chi connectivity index (χ4v) is 1.69. The molecule has 1 aliphatic rings. The van der Waals surface area contributed by atoms with Crippen LogP contribution in [-0.4, -0.2) is 28.0 Å². The van der Waals surface area contributed by atoms with E-state index in [1.165, 1.54) is 0 Å². The van der Waals surface area contributed by atoms with Gasteiger partial charge in [0, 0.05) is 37.0 Å². The summed E-state index contributed by atoms with van der Waals surface area (Å²) < 4.78 is 0. The SMILES string of the molecule is c1cncc(-c2cnc(C3CNC3)[nH]2)c1. The molecule has 0 unspecified atom stereocenters. The predicted octanol–water partition coefficient (Wildman–Crippen LogP) is 1.16. The molecule has 0 aromatic carbocycles. The molecule has 0 spiro atoms. The minimum atomic E-state index is 0.551. The van der Waals surface area contributed by atoms with E-state index in [2.05, 4.69) is 20.3 Å². The van der Waals surface area contributed by atoms with Crippen molar-refractivity contribution in [2.75, 3.05) is 13.1 Å². The fraction of sp³-hybridized carbons (Fsp3) is 0.273. The molecule has 76 valence electrons. The van der Waals surface area contributed by atoms with E-state index in [4.69, 9.17) is 0 Å². The van der Waals surface area contributed by atoms with Gasteiger partial charge in [-0.3, -0.25) is 4.98 Å². The van der Waals surface area contributed by atoms with E-state index in [0.717, 1.165) is 30.2 Å². The van der Waals surface area contributed by atoms with Gasteiger partial charge in [0.2, 0.25) is 0 Å². The van der Waals surface area contributed by atoms with Crippen molar-refractivity contribution in [3.05, 3.63) is 36.5 Å². The van der Waals surface area contributed by atoms with Crippen LogP contribution in [0, 0.1) is 0 Å². The lowest BCUT2D eigenvalue weighted by atomic mass is 10.0. The average molecular weight is 200 g/mol. The number of nitrogens with zero attached hydrogens (tertiary/aromatic N) is 2. The van der Waals surface area contributed by atoms with Crippen LogP contribution < -0.4 is 5.32 Å². The minimum Gasteiger partial charge on any atom is -0.342 e. The molecule has 2 N–H and O–H groups in total. The fourth-order valence-electron chi connectivity index (χ4n) is 1.69. The molecule has 0 aliphatic carbocycles. The molecule has 0 saturated carbocycles. The second-order valence-corrected chi connectivity index (χ2v) is 3.78. The quantitative estimate of drug-likeness (QED) is 0.764. The second kappa shape index (κ2) is 3.47. The Bertz CT molecular complexity index is 445. The van der Waals surface area contributed by atoms with Crippen LogP contribution in [0.15, 0.2) is 30.7 Å². The first-order valence-corrected chi connectivity index (χ1v) is 5.09. The summed E-state index contributed by atoms with van der Waals surface area (Å²) in [4.78, 5) is 11.8. The van der Waals surface area contributed by atoms with E-state index in [9.17, 15) is 0 Å². The maximum absolute atomic E-state index is 4.39. The third-order valence-electron chi connectivity index (χ3n) is 2.74. The van der Waals surface area contributed by atoms with E-state index in [1.54, 1.807) is 6.20 Å². The molecule has 0 radical (unpaired) electrons. The Hall–Kier alpha value is -1.68. The van der Waals surface area contributed by atoms with Crippen LogP contribution in [0.25, 0.3) is 11.3 Å². The zero-order valence-electron chi connectivity index (χ0n) is 8.27. The highest BCUT2D eigenvalue weighted by Gasteiger charge is 2.21. The van der Waals surface area contributed by atoms with Crippen LogP contribution in [0.3, 0.4) is 0 Å². The first kappa shape index (κ1) is 8.61. The Labute approximate surface area is 87.8 Å². The lowest BCUT2D eigenvalue weighted by molar-refractivity contribution is 0.433. The largest absolute Gasteiger partial charge is 0.342 e. The molecule has 3 rings (SSSR count). The van der Waals surface area contributed by atoms with E-state index < -0.39 is 0 Å². The zero-order chi connectivity index (χ0) is 10.1. The van der Waals surface area contributed by atoms with E-state index in [-0.39, 0.29) is 0 Å². The lowest BCUT2D eigenvalue weighted by Gasteiger charge is -2.24. The van der Waals surface area contributed by atoms with Gasteiger partial charge in [0.25, 0.3) is 0 Å². The molecule has 0 amide bonds. The Kier molecular flexibility index (Phi) is 1.99. The van der Waals surface area contributed by atoms with Crippen molar-refractivity contribution in [2.24, 2.45) is 0 Å². The van der Waals surface area contributed by atoms with Gasteiger partial charge >= 0.3 is 0 Å². The predicted molar refractivity (Wildman–Crippen MR) is 57.4 cm³/mol. The number of imidazole rings is 1. The lowest BCUT2D eigenvalue weighted by Crippen LogP contribution is -2.40. The summed E-state index contributed by atoms with van der Waals surface area (Å²) in [5, 5.41) is 3.24. The third-order valence-corrected chi connectivity index (χ3v) is 2.74. The van der Waals surface area contributed by atoms with Crippen molar-refractivity contribution in [3.8, 4) is 11.3 Å². The molecule has 4 nitrogen and oxygen atoms in total. The van der Waals surface area contributed by atoms with Gasteiger partial charge in [-0.25, -0.2) is 4.98 Å². The van der Waals surface area contributed by atoms with Gasteiger partial charge in [0.1, 0.15) is 5.82 Å². The Morgan fingerprint density at radius 2 is 2.20 bits per heavy atom. The summed E-state index contributed by atoms with van der Waals surface area (Å²) in [6.45, 7) is 2.06. The van der Waals surface area contributed by atoms with Crippen LogP contribution in [0.5, 0.6) is 0 Å². The van der Waals surface area contributed by atoms with E-state index >= 15 is 0 Å². The zero-order valence-corrected chi connectivity index (χ0v) is 8.27. The van der Waals surface area contributed by atoms with E-state index in [0.29, 0.717) is 5.92 Å². The number of H-pyrrole nitrogens is 1. The summed E-state index contributed by atoms with van der Waals surface area (Å²) in [7, 11) is 0. The topological polar surface area (TPSA) is 53.6 Å². The highest BCUT2D eigenvalue weighted by molar-refractivity contribution is 5.56. The molecule has 0 atom stereocenters. The molecule has 1 aliphatic heterocycles. The van der Waals surface area contributed by atoms with Crippen molar-refractivity contribution in [1.82, 2.24) is 20.3 Å². The molecular weight excluding hydrogens is 188 g/mol. The Morgan fingerprint density at radius 1 is 1.27 bits per heavy atom. The highest BCUT2D eigenvalue weighted by atomic mass is 15.0. The van der Waals surface area contributed by atoms with Gasteiger partial charge in [-0.15, -0.1) is 0 Å². The van der Waals surface area contributed by atoms with Crippen LogP contribution in [0.1, 0.15) is 11.7 Å². The van der Waals surface area contributed by atoms with E-state index in [1.807, 2.05) is 24.5 Å². The summed E-state index contributed by atoms with van der Waals surface area (Å²) >= 11 is 0. The summed E-state index contributed by atoms with van der Waals surface area (Å²) in [5.74, 6) is 1.63. The van der Waals surface area contributed by atoms with Crippen LogP contribution >= 0.6 is 0 Å². The monoisotopic (exact) mass is 200 g/mol. The van der Waals surface area contributed by atoms with Crippen LogP contribution in [0.2, 0.25) is 0 Å². The summed E-state index contributed by atoms with van der Waals surface area (Å²) in [6.07, 6.45) is 5.50. The first-order valence-electron chi connectivity index (χ1n) is 5.09. The molecule has 1 saturated heterocycles. The number of rotatable bonds is 2. The molecule has 4 heteroatoms. The number of pyridine rings is 1.